The second kappa shape index (κ2) is 5.32. The van der Waals surface area contributed by atoms with Crippen LogP contribution in [0.25, 0.3) is 0 Å². The van der Waals surface area contributed by atoms with Crippen LogP contribution in [0, 0.1) is 13.8 Å². The van der Waals surface area contributed by atoms with E-state index in [0.717, 1.165) is 10.4 Å². The van der Waals surface area contributed by atoms with Gasteiger partial charge in [0.2, 0.25) is 10.0 Å². The summed E-state index contributed by atoms with van der Waals surface area (Å²) in [6.45, 7) is 4.02. The van der Waals surface area contributed by atoms with Crippen LogP contribution in [0.4, 0.5) is 5.69 Å². The van der Waals surface area contributed by atoms with Gasteiger partial charge in [0.1, 0.15) is 0 Å². The molecule has 19 heavy (non-hydrogen) atoms. The van der Waals surface area contributed by atoms with Crippen molar-refractivity contribution in [1.29, 1.82) is 0 Å². The molecule has 1 aromatic carbocycles. The van der Waals surface area contributed by atoms with Gasteiger partial charge >= 0.3 is 0 Å². The van der Waals surface area contributed by atoms with E-state index in [4.69, 9.17) is 5.73 Å². The lowest BCUT2D eigenvalue weighted by atomic mass is 10.2. The summed E-state index contributed by atoms with van der Waals surface area (Å²) in [4.78, 5) is 1.26. The Balaban J connectivity index is 2.23. The number of benzene rings is 1. The van der Waals surface area contributed by atoms with Gasteiger partial charge in [-0.15, -0.1) is 11.3 Å². The maximum Gasteiger partial charge on any atom is 0.241 e. The molecule has 0 unspecified atom stereocenters. The minimum absolute atomic E-state index is 0.238. The standard InChI is InChI=1S/C13H16N2O2S2/c1-9-5-6-18-12(9)8-15-19(16,17)13-7-11(14)4-3-10(13)2/h3-7,15H,8,14H2,1-2H3. The Labute approximate surface area is 117 Å². The van der Waals surface area contributed by atoms with Crippen LogP contribution < -0.4 is 10.5 Å². The van der Waals surface area contributed by atoms with Crippen molar-refractivity contribution < 1.29 is 8.42 Å². The molecule has 0 atom stereocenters. The van der Waals surface area contributed by atoms with Crippen molar-refractivity contribution in [3.8, 4) is 0 Å². The molecule has 0 spiro atoms. The first-order valence-electron chi connectivity index (χ1n) is 5.79. The first-order chi connectivity index (χ1) is 8.90. The summed E-state index contributed by atoms with van der Waals surface area (Å²) in [5.74, 6) is 0. The predicted octanol–water partition coefficient (Wildman–Crippen LogP) is 2.43. The number of nitrogens with one attached hydrogen (secondary N) is 1. The lowest BCUT2D eigenvalue weighted by molar-refractivity contribution is 0.581. The topological polar surface area (TPSA) is 72.2 Å². The number of sulfonamides is 1. The SMILES string of the molecule is Cc1ccc(N)cc1S(=O)(=O)NCc1sccc1C. The zero-order valence-corrected chi connectivity index (χ0v) is 12.4. The summed E-state index contributed by atoms with van der Waals surface area (Å²) in [6, 6.07) is 6.86. The molecule has 4 nitrogen and oxygen atoms in total. The van der Waals surface area contributed by atoms with Crippen LogP contribution in [0.2, 0.25) is 0 Å². The third kappa shape index (κ3) is 3.15. The summed E-state index contributed by atoms with van der Waals surface area (Å²) in [7, 11) is -3.53. The van der Waals surface area contributed by atoms with Crippen LogP contribution in [-0.4, -0.2) is 8.42 Å². The Morgan fingerprint density at radius 1 is 1.21 bits per heavy atom. The molecule has 0 bridgehead atoms. The number of rotatable bonds is 4. The van der Waals surface area contributed by atoms with Crippen LogP contribution >= 0.6 is 11.3 Å². The van der Waals surface area contributed by atoms with Gasteiger partial charge in [0.05, 0.1) is 4.90 Å². The quantitative estimate of drug-likeness (QED) is 0.851. The van der Waals surface area contributed by atoms with E-state index >= 15 is 0 Å². The van der Waals surface area contributed by atoms with E-state index in [1.165, 1.54) is 6.07 Å². The maximum atomic E-state index is 12.2. The van der Waals surface area contributed by atoms with Gasteiger partial charge in [0.15, 0.2) is 0 Å². The highest BCUT2D eigenvalue weighted by Crippen LogP contribution is 2.20. The smallest absolute Gasteiger partial charge is 0.241 e. The first-order valence-corrected chi connectivity index (χ1v) is 8.15. The van der Waals surface area contributed by atoms with Gasteiger partial charge in [-0.3, -0.25) is 0 Å². The molecular formula is C13H16N2O2S2. The average Bonchev–Trinajstić information content (AvgIpc) is 2.75. The van der Waals surface area contributed by atoms with Crippen LogP contribution in [0.15, 0.2) is 34.5 Å². The van der Waals surface area contributed by atoms with Crippen LogP contribution in [0.1, 0.15) is 16.0 Å². The van der Waals surface area contributed by atoms with E-state index in [0.29, 0.717) is 17.8 Å². The van der Waals surface area contributed by atoms with Gasteiger partial charge in [-0.25, -0.2) is 13.1 Å². The summed E-state index contributed by atoms with van der Waals surface area (Å²) < 4.78 is 27.1. The first kappa shape index (κ1) is 14.0. The summed E-state index contributed by atoms with van der Waals surface area (Å²) in [6.07, 6.45) is 0. The number of hydrogen-bond acceptors (Lipinski definition) is 4. The Bertz CT molecular complexity index is 690. The summed E-state index contributed by atoms with van der Waals surface area (Å²) >= 11 is 1.54. The van der Waals surface area contributed by atoms with Crippen LogP contribution in [0.5, 0.6) is 0 Å². The second-order valence-corrected chi connectivity index (χ2v) is 7.11. The normalized spacial score (nSPS) is 11.7. The number of hydrogen-bond donors (Lipinski definition) is 2. The second-order valence-electron chi connectivity index (χ2n) is 4.38. The molecule has 0 saturated heterocycles. The molecular weight excluding hydrogens is 280 g/mol. The van der Waals surface area contributed by atoms with Gasteiger partial charge in [-0.05, 0) is 48.6 Å². The van der Waals surface area contributed by atoms with Crippen molar-refractivity contribution >= 4 is 27.0 Å². The van der Waals surface area contributed by atoms with E-state index in [9.17, 15) is 8.42 Å². The van der Waals surface area contributed by atoms with Crippen molar-refractivity contribution in [1.82, 2.24) is 4.72 Å². The van der Waals surface area contributed by atoms with Crippen molar-refractivity contribution in [3.63, 3.8) is 0 Å². The van der Waals surface area contributed by atoms with E-state index in [-0.39, 0.29) is 4.90 Å². The largest absolute Gasteiger partial charge is 0.399 e. The molecule has 0 aliphatic heterocycles. The summed E-state index contributed by atoms with van der Waals surface area (Å²) in [5, 5.41) is 1.95. The fraction of sp³-hybridized carbons (Fsp3) is 0.231. The van der Waals surface area contributed by atoms with Gasteiger partial charge < -0.3 is 5.73 Å². The Kier molecular flexibility index (Phi) is 3.93. The fourth-order valence-electron chi connectivity index (χ4n) is 1.73. The average molecular weight is 296 g/mol. The number of thiophene rings is 1. The van der Waals surface area contributed by atoms with Gasteiger partial charge in [0, 0.05) is 17.1 Å². The van der Waals surface area contributed by atoms with Gasteiger partial charge in [-0.2, -0.15) is 0 Å². The highest BCUT2D eigenvalue weighted by atomic mass is 32.2. The minimum atomic E-state index is -3.53. The van der Waals surface area contributed by atoms with E-state index in [2.05, 4.69) is 4.72 Å². The van der Waals surface area contributed by atoms with E-state index in [1.807, 2.05) is 18.4 Å². The van der Waals surface area contributed by atoms with Crippen molar-refractivity contribution in [2.24, 2.45) is 0 Å². The van der Waals surface area contributed by atoms with Crippen molar-refractivity contribution in [2.75, 3.05) is 5.73 Å². The zero-order valence-electron chi connectivity index (χ0n) is 10.8. The highest BCUT2D eigenvalue weighted by molar-refractivity contribution is 7.89. The molecule has 0 aliphatic rings. The lowest BCUT2D eigenvalue weighted by Crippen LogP contribution is -2.24. The Morgan fingerprint density at radius 3 is 2.58 bits per heavy atom. The molecule has 0 amide bonds. The van der Waals surface area contributed by atoms with Crippen molar-refractivity contribution in [2.45, 2.75) is 25.3 Å². The number of nitrogen functional groups attached to an aromatic ring is 1. The molecule has 1 heterocycles. The van der Waals surface area contributed by atoms with Crippen molar-refractivity contribution in [3.05, 3.63) is 45.6 Å². The third-order valence-electron chi connectivity index (χ3n) is 2.89. The molecule has 2 aromatic rings. The highest BCUT2D eigenvalue weighted by Gasteiger charge is 2.17. The Morgan fingerprint density at radius 2 is 1.95 bits per heavy atom. The predicted molar refractivity (Wildman–Crippen MR) is 78.7 cm³/mol. The molecule has 1 aromatic heterocycles. The molecule has 0 saturated carbocycles. The lowest BCUT2D eigenvalue weighted by Gasteiger charge is -2.09. The molecule has 2 rings (SSSR count). The zero-order chi connectivity index (χ0) is 14.0. The number of aryl methyl sites for hydroxylation is 2. The van der Waals surface area contributed by atoms with E-state index < -0.39 is 10.0 Å². The number of anilines is 1. The molecule has 102 valence electrons. The number of nitrogens with two attached hydrogens (primary N) is 1. The molecule has 0 fully saturated rings. The van der Waals surface area contributed by atoms with E-state index in [1.54, 1.807) is 30.4 Å². The van der Waals surface area contributed by atoms with Gasteiger partial charge in [-0.1, -0.05) is 6.07 Å². The summed E-state index contributed by atoms with van der Waals surface area (Å²) in [5.41, 5.74) is 7.87. The molecule has 6 heteroatoms. The molecule has 0 aliphatic carbocycles. The fourth-order valence-corrected chi connectivity index (χ4v) is 3.94. The Hall–Kier alpha value is -1.37. The maximum absolute atomic E-state index is 12.2. The monoisotopic (exact) mass is 296 g/mol. The third-order valence-corrected chi connectivity index (χ3v) is 5.46. The molecule has 0 radical (unpaired) electrons. The molecule has 3 N–H and O–H groups in total. The van der Waals surface area contributed by atoms with Crippen LogP contribution in [0.3, 0.4) is 0 Å². The minimum Gasteiger partial charge on any atom is -0.399 e. The van der Waals surface area contributed by atoms with Gasteiger partial charge in [0.25, 0.3) is 0 Å². The van der Waals surface area contributed by atoms with Crippen LogP contribution in [-0.2, 0) is 16.6 Å².